The molecule has 122 valence electrons. The molecule has 0 saturated heterocycles. The van der Waals surface area contributed by atoms with Crippen molar-refractivity contribution in [1.82, 2.24) is 10.6 Å². The van der Waals surface area contributed by atoms with Gasteiger partial charge in [0.1, 0.15) is 6.04 Å². The van der Waals surface area contributed by atoms with Gasteiger partial charge >= 0.3 is 12.1 Å². The summed E-state index contributed by atoms with van der Waals surface area (Å²) < 4.78 is 36.4. The van der Waals surface area contributed by atoms with Gasteiger partial charge in [-0.05, 0) is 12.3 Å². The molecule has 0 aliphatic heterocycles. The monoisotopic (exact) mass is 312 g/mol. The van der Waals surface area contributed by atoms with E-state index in [9.17, 15) is 27.6 Å². The van der Waals surface area contributed by atoms with Gasteiger partial charge in [0.05, 0.1) is 13.0 Å². The third-order valence-electron chi connectivity index (χ3n) is 2.46. The van der Waals surface area contributed by atoms with Crippen molar-refractivity contribution >= 4 is 17.8 Å². The first-order valence-electron chi connectivity index (χ1n) is 6.37. The predicted molar refractivity (Wildman–Crippen MR) is 67.3 cm³/mol. The molecule has 9 heteroatoms. The average molecular weight is 312 g/mol. The van der Waals surface area contributed by atoms with Crippen LogP contribution in [0.1, 0.15) is 33.1 Å². The van der Waals surface area contributed by atoms with Gasteiger partial charge in [-0.15, -0.1) is 0 Å². The van der Waals surface area contributed by atoms with Crippen molar-refractivity contribution < 1.29 is 32.7 Å². The number of rotatable bonds is 8. The quantitative estimate of drug-likeness (QED) is 0.624. The molecule has 3 N–H and O–H groups in total. The van der Waals surface area contributed by atoms with Crippen molar-refractivity contribution in [1.29, 1.82) is 0 Å². The number of hydrogen-bond acceptors (Lipinski definition) is 3. The number of carboxylic acid groups (broad SMARTS) is 1. The molecule has 0 rings (SSSR count). The highest BCUT2D eigenvalue weighted by Crippen LogP contribution is 2.21. The average Bonchev–Trinajstić information content (AvgIpc) is 2.31. The molecule has 0 saturated carbocycles. The summed E-state index contributed by atoms with van der Waals surface area (Å²) in [6, 6.07) is -2.06. The van der Waals surface area contributed by atoms with Gasteiger partial charge in [0.15, 0.2) is 0 Å². The number of alkyl halides is 3. The minimum atomic E-state index is -4.71. The van der Waals surface area contributed by atoms with Crippen molar-refractivity contribution in [3.63, 3.8) is 0 Å². The molecule has 6 nitrogen and oxygen atoms in total. The summed E-state index contributed by atoms with van der Waals surface area (Å²) >= 11 is 0. The Morgan fingerprint density at radius 2 is 1.71 bits per heavy atom. The summed E-state index contributed by atoms with van der Waals surface area (Å²) in [5.41, 5.74) is 0. The fraction of sp³-hybridized carbons (Fsp3) is 0.750. The number of halogens is 3. The molecular formula is C12H19F3N2O4. The summed E-state index contributed by atoms with van der Waals surface area (Å²) in [6.45, 7) is 3.27. The normalized spacial score (nSPS) is 12.9. The Morgan fingerprint density at radius 3 is 2.14 bits per heavy atom. The standard InChI is InChI=1S/C12H19F3N2O4/c1-7(2)3-4-9(18)16-6-10(19)17-8(11(20)21)5-12(13,14)15/h7-8H,3-6H2,1-2H3,(H,16,18)(H,17,19)(H,20,21). The van der Waals surface area contributed by atoms with Crippen molar-refractivity contribution in [2.24, 2.45) is 5.92 Å². The van der Waals surface area contributed by atoms with Crippen LogP contribution in [-0.2, 0) is 14.4 Å². The van der Waals surface area contributed by atoms with E-state index in [4.69, 9.17) is 5.11 Å². The Kier molecular flexibility index (Phi) is 7.75. The van der Waals surface area contributed by atoms with Crippen LogP contribution < -0.4 is 10.6 Å². The Bertz CT molecular complexity index is 383. The van der Waals surface area contributed by atoms with Crippen molar-refractivity contribution in [2.75, 3.05) is 6.54 Å². The zero-order valence-corrected chi connectivity index (χ0v) is 11.8. The molecule has 0 aromatic rings. The van der Waals surface area contributed by atoms with Crippen LogP contribution in [0.15, 0.2) is 0 Å². The second kappa shape index (κ2) is 8.48. The maximum Gasteiger partial charge on any atom is 0.391 e. The molecule has 2 amide bonds. The van der Waals surface area contributed by atoms with Crippen LogP contribution in [0, 0.1) is 5.92 Å². The molecule has 0 aliphatic carbocycles. The van der Waals surface area contributed by atoms with Gasteiger partial charge in [-0.3, -0.25) is 9.59 Å². The van der Waals surface area contributed by atoms with E-state index in [2.05, 4.69) is 5.32 Å². The van der Waals surface area contributed by atoms with Crippen molar-refractivity contribution in [3.8, 4) is 0 Å². The van der Waals surface area contributed by atoms with Crippen molar-refractivity contribution in [3.05, 3.63) is 0 Å². The molecule has 0 fully saturated rings. The maximum atomic E-state index is 12.1. The number of carbonyl (C=O) groups is 3. The van der Waals surface area contributed by atoms with Crippen LogP contribution in [-0.4, -0.2) is 41.7 Å². The highest BCUT2D eigenvalue weighted by atomic mass is 19.4. The fourth-order valence-electron chi connectivity index (χ4n) is 1.36. The highest BCUT2D eigenvalue weighted by Gasteiger charge is 2.36. The van der Waals surface area contributed by atoms with Crippen LogP contribution in [0.2, 0.25) is 0 Å². The molecule has 1 unspecified atom stereocenters. The minimum absolute atomic E-state index is 0.190. The van der Waals surface area contributed by atoms with Gasteiger partial charge in [0.25, 0.3) is 0 Å². The van der Waals surface area contributed by atoms with Gasteiger partial charge in [0.2, 0.25) is 11.8 Å². The van der Waals surface area contributed by atoms with Crippen LogP contribution in [0.4, 0.5) is 13.2 Å². The first-order chi connectivity index (χ1) is 9.51. The fourth-order valence-corrected chi connectivity index (χ4v) is 1.36. The second-order valence-electron chi connectivity index (χ2n) is 4.99. The molecule has 0 aliphatic rings. The van der Waals surface area contributed by atoms with E-state index >= 15 is 0 Å². The van der Waals surface area contributed by atoms with E-state index in [0.29, 0.717) is 12.3 Å². The smallest absolute Gasteiger partial charge is 0.391 e. The van der Waals surface area contributed by atoms with E-state index in [-0.39, 0.29) is 6.42 Å². The first kappa shape index (κ1) is 19.2. The molecule has 0 aromatic heterocycles. The summed E-state index contributed by atoms with van der Waals surface area (Å²) in [5.74, 6) is -2.88. The third kappa shape index (κ3) is 10.6. The Hall–Kier alpha value is -1.80. The number of nitrogens with one attached hydrogen (secondary N) is 2. The van der Waals surface area contributed by atoms with E-state index < -0.39 is 43.0 Å². The largest absolute Gasteiger partial charge is 0.480 e. The lowest BCUT2D eigenvalue weighted by atomic mass is 10.1. The summed E-state index contributed by atoms with van der Waals surface area (Å²) in [4.78, 5) is 33.3. The van der Waals surface area contributed by atoms with E-state index in [1.165, 1.54) is 0 Å². The summed E-state index contributed by atoms with van der Waals surface area (Å²) in [5, 5.41) is 12.5. The molecule has 1 atom stereocenters. The van der Waals surface area contributed by atoms with Crippen molar-refractivity contribution in [2.45, 2.75) is 45.3 Å². The van der Waals surface area contributed by atoms with Crippen LogP contribution >= 0.6 is 0 Å². The number of hydrogen-bond donors (Lipinski definition) is 3. The summed E-state index contributed by atoms with van der Waals surface area (Å²) in [7, 11) is 0. The predicted octanol–water partition coefficient (Wildman–Crippen LogP) is 1.06. The SMILES string of the molecule is CC(C)CCC(=O)NCC(=O)NC(CC(F)(F)F)C(=O)O. The number of carbonyl (C=O) groups excluding carboxylic acids is 2. The van der Waals surface area contributed by atoms with E-state index in [0.717, 1.165) is 0 Å². The lowest BCUT2D eigenvalue weighted by molar-refractivity contribution is -0.159. The van der Waals surface area contributed by atoms with Gasteiger partial charge in [-0.1, -0.05) is 13.8 Å². The van der Waals surface area contributed by atoms with Crippen LogP contribution in [0.3, 0.4) is 0 Å². The third-order valence-corrected chi connectivity index (χ3v) is 2.46. The Balaban J connectivity index is 4.21. The number of amides is 2. The number of carboxylic acids is 1. The highest BCUT2D eigenvalue weighted by molar-refractivity contribution is 5.87. The van der Waals surface area contributed by atoms with Crippen LogP contribution in [0.25, 0.3) is 0 Å². The van der Waals surface area contributed by atoms with Gasteiger partial charge in [0, 0.05) is 6.42 Å². The van der Waals surface area contributed by atoms with Crippen LogP contribution in [0.5, 0.6) is 0 Å². The first-order valence-corrected chi connectivity index (χ1v) is 6.37. The summed E-state index contributed by atoms with van der Waals surface area (Å²) in [6.07, 6.45) is -5.58. The molecule has 0 bridgehead atoms. The van der Waals surface area contributed by atoms with E-state index in [1.54, 1.807) is 5.32 Å². The minimum Gasteiger partial charge on any atom is -0.480 e. The second-order valence-corrected chi connectivity index (χ2v) is 4.99. The zero-order valence-electron chi connectivity index (χ0n) is 11.8. The van der Waals surface area contributed by atoms with E-state index in [1.807, 2.05) is 13.8 Å². The lowest BCUT2D eigenvalue weighted by Gasteiger charge is -2.16. The molecule has 21 heavy (non-hydrogen) atoms. The van der Waals surface area contributed by atoms with Gasteiger partial charge in [-0.25, -0.2) is 4.79 Å². The molecule has 0 radical (unpaired) electrons. The molecule has 0 heterocycles. The zero-order chi connectivity index (χ0) is 16.6. The Labute approximate surface area is 120 Å². The maximum absolute atomic E-state index is 12.1. The Morgan fingerprint density at radius 1 is 1.14 bits per heavy atom. The lowest BCUT2D eigenvalue weighted by Crippen LogP contribution is -2.47. The van der Waals surface area contributed by atoms with Gasteiger partial charge < -0.3 is 15.7 Å². The number of aliphatic carboxylic acids is 1. The topological polar surface area (TPSA) is 95.5 Å². The molecule has 0 spiro atoms. The molecular weight excluding hydrogens is 293 g/mol. The van der Waals surface area contributed by atoms with Gasteiger partial charge in [-0.2, -0.15) is 13.2 Å². The molecule has 0 aromatic carbocycles.